The van der Waals surface area contributed by atoms with Crippen molar-refractivity contribution >= 4 is 17.6 Å². The summed E-state index contributed by atoms with van der Waals surface area (Å²) in [6.07, 6.45) is -3.22. The predicted octanol–water partition coefficient (Wildman–Crippen LogP) is 3.92. The lowest BCUT2D eigenvalue weighted by molar-refractivity contribution is -0.327. The van der Waals surface area contributed by atoms with Crippen molar-refractivity contribution in [2.45, 2.75) is 25.6 Å². The standard InChI is InChI=1S/C20H16F3NO5/c21-16-10-12(11-3-1-4-13(9-11)29-20(22,23)28)7-8-17(16)24-18(25)14-5-2-6-15(14)19(26)27/h1,3-4,7-10,28H,2,5-6H2,(H,24,25)(H,26,27). The second kappa shape index (κ2) is 7.96. The Hall–Kier alpha value is -3.33. The molecule has 6 nitrogen and oxygen atoms in total. The van der Waals surface area contributed by atoms with E-state index >= 15 is 0 Å². The van der Waals surface area contributed by atoms with Gasteiger partial charge in [-0.2, -0.15) is 0 Å². The number of rotatable bonds is 6. The summed E-state index contributed by atoms with van der Waals surface area (Å²) in [7, 11) is 0. The number of alkyl halides is 2. The molecule has 0 aromatic heterocycles. The molecule has 0 fully saturated rings. The van der Waals surface area contributed by atoms with Gasteiger partial charge >= 0.3 is 12.3 Å². The summed E-state index contributed by atoms with van der Waals surface area (Å²) in [4.78, 5) is 23.5. The maximum Gasteiger partial charge on any atom is 0.532 e. The van der Waals surface area contributed by atoms with E-state index in [2.05, 4.69) is 10.1 Å². The minimum atomic E-state index is -4.35. The van der Waals surface area contributed by atoms with Crippen LogP contribution in [0.3, 0.4) is 0 Å². The lowest BCUT2D eigenvalue weighted by Crippen LogP contribution is -2.23. The van der Waals surface area contributed by atoms with E-state index in [1.54, 1.807) is 0 Å². The molecule has 29 heavy (non-hydrogen) atoms. The lowest BCUT2D eigenvalue weighted by Gasteiger charge is -2.12. The van der Waals surface area contributed by atoms with Gasteiger partial charge in [-0.15, -0.1) is 8.78 Å². The highest BCUT2D eigenvalue weighted by atomic mass is 19.3. The average molecular weight is 407 g/mol. The number of benzene rings is 2. The first-order chi connectivity index (χ1) is 13.6. The molecule has 0 atom stereocenters. The molecule has 0 aliphatic heterocycles. The van der Waals surface area contributed by atoms with Crippen molar-refractivity contribution in [3.63, 3.8) is 0 Å². The summed E-state index contributed by atoms with van der Waals surface area (Å²) in [6.45, 7) is 0. The third kappa shape index (κ3) is 4.94. The molecular weight excluding hydrogens is 391 g/mol. The van der Waals surface area contributed by atoms with Crippen molar-refractivity contribution in [2.24, 2.45) is 0 Å². The van der Waals surface area contributed by atoms with E-state index in [1.165, 1.54) is 36.4 Å². The Morgan fingerprint density at radius 1 is 1.03 bits per heavy atom. The fourth-order valence-electron chi connectivity index (χ4n) is 3.11. The first kappa shape index (κ1) is 20.4. The normalized spacial score (nSPS) is 14.1. The molecule has 0 saturated carbocycles. The molecule has 1 amide bonds. The first-order valence-corrected chi connectivity index (χ1v) is 8.60. The van der Waals surface area contributed by atoms with Crippen LogP contribution in [-0.2, 0) is 9.59 Å². The zero-order chi connectivity index (χ0) is 21.2. The minimum Gasteiger partial charge on any atom is -0.478 e. The Kier molecular flexibility index (Phi) is 5.60. The highest BCUT2D eigenvalue weighted by molar-refractivity contribution is 6.09. The molecule has 0 bridgehead atoms. The first-order valence-electron chi connectivity index (χ1n) is 8.60. The number of anilines is 1. The summed E-state index contributed by atoms with van der Waals surface area (Å²) in [5.41, 5.74) is 0.665. The molecule has 3 N–H and O–H groups in total. The van der Waals surface area contributed by atoms with E-state index in [0.29, 0.717) is 24.0 Å². The molecule has 0 saturated heterocycles. The maximum absolute atomic E-state index is 14.5. The molecular formula is C20H16F3NO5. The van der Waals surface area contributed by atoms with Crippen molar-refractivity contribution in [1.82, 2.24) is 0 Å². The molecule has 0 heterocycles. The number of carbonyl (C=O) groups excluding carboxylic acids is 1. The molecule has 152 valence electrons. The van der Waals surface area contributed by atoms with Gasteiger partial charge in [0.1, 0.15) is 11.6 Å². The number of hydrogen-bond donors (Lipinski definition) is 3. The lowest BCUT2D eigenvalue weighted by atomic mass is 10.0. The van der Waals surface area contributed by atoms with E-state index in [1.807, 2.05) is 0 Å². The Labute approximate surface area is 163 Å². The van der Waals surface area contributed by atoms with Crippen molar-refractivity contribution in [3.05, 3.63) is 59.4 Å². The Morgan fingerprint density at radius 3 is 2.38 bits per heavy atom. The number of halogens is 3. The van der Waals surface area contributed by atoms with Gasteiger partial charge in [0, 0.05) is 11.1 Å². The van der Waals surface area contributed by atoms with Crippen LogP contribution in [0.25, 0.3) is 11.1 Å². The quantitative estimate of drug-likeness (QED) is 0.631. The van der Waals surface area contributed by atoms with Crippen LogP contribution in [-0.4, -0.2) is 28.4 Å². The third-order valence-corrected chi connectivity index (χ3v) is 4.38. The monoisotopic (exact) mass is 407 g/mol. The predicted molar refractivity (Wildman–Crippen MR) is 96.8 cm³/mol. The largest absolute Gasteiger partial charge is 0.532 e. The van der Waals surface area contributed by atoms with E-state index in [9.17, 15) is 22.8 Å². The molecule has 2 aromatic carbocycles. The highest BCUT2D eigenvalue weighted by Gasteiger charge is 2.28. The van der Waals surface area contributed by atoms with Gasteiger partial charge in [0.05, 0.1) is 5.69 Å². The van der Waals surface area contributed by atoms with Crippen LogP contribution in [0.4, 0.5) is 18.9 Å². The number of carboxylic acids is 1. The van der Waals surface area contributed by atoms with Gasteiger partial charge in [-0.1, -0.05) is 18.2 Å². The Balaban J connectivity index is 1.81. The number of aliphatic carboxylic acids is 1. The Bertz CT molecular complexity index is 998. The third-order valence-electron chi connectivity index (χ3n) is 4.38. The van der Waals surface area contributed by atoms with Crippen LogP contribution in [0.5, 0.6) is 5.75 Å². The molecule has 3 rings (SSSR count). The number of hydrogen-bond acceptors (Lipinski definition) is 4. The van der Waals surface area contributed by atoms with Crippen LogP contribution < -0.4 is 10.1 Å². The van der Waals surface area contributed by atoms with Crippen LogP contribution in [0.15, 0.2) is 53.6 Å². The van der Waals surface area contributed by atoms with E-state index in [0.717, 1.165) is 6.07 Å². The summed E-state index contributed by atoms with van der Waals surface area (Å²) in [5.74, 6) is -2.95. The summed E-state index contributed by atoms with van der Waals surface area (Å²) in [5, 5.41) is 19.9. The zero-order valence-corrected chi connectivity index (χ0v) is 14.9. The van der Waals surface area contributed by atoms with Gasteiger partial charge in [0.2, 0.25) is 0 Å². The molecule has 1 aliphatic carbocycles. The SMILES string of the molecule is O=C(O)C1=C(C(=O)Nc2ccc(-c3cccc(OC(O)(F)F)c3)cc2F)CCC1. The number of amides is 1. The number of carboxylic acid groups (broad SMARTS) is 1. The Morgan fingerprint density at radius 2 is 1.72 bits per heavy atom. The number of carbonyl (C=O) groups is 2. The molecule has 9 heteroatoms. The summed E-state index contributed by atoms with van der Waals surface area (Å²) >= 11 is 0. The maximum atomic E-state index is 14.5. The number of ether oxygens (including phenoxy) is 1. The van der Waals surface area contributed by atoms with Gasteiger partial charge in [0.15, 0.2) is 0 Å². The summed E-state index contributed by atoms with van der Waals surface area (Å²) in [6, 6.07) is 9.14. The van der Waals surface area contributed by atoms with Crippen molar-refractivity contribution < 1.29 is 37.7 Å². The van der Waals surface area contributed by atoms with E-state index in [-0.39, 0.29) is 29.0 Å². The van der Waals surface area contributed by atoms with E-state index in [4.69, 9.17) is 10.2 Å². The number of aliphatic hydroxyl groups is 1. The molecule has 1 aliphatic rings. The molecule has 2 aromatic rings. The fraction of sp³-hybridized carbons (Fsp3) is 0.200. The average Bonchev–Trinajstić information content (AvgIpc) is 3.12. The fourth-order valence-corrected chi connectivity index (χ4v) is 3.11. The van der Waals surface area contributed by atoms with Crippen LogP contribution in [0.2, 0.25) is 0 Å². The number of nitrogens with one attached hydrogen (secondary N) is 1. The van der Waals surface area contributed by atoms with Gasteiger partial charge in [-0.05, 0) is 54.7 Å². The van der Waals surface area contributed by atoms with Crippen LogP contribution >= 0.6 is 0 Å². The second-order valence-electron chi connectivity index (χ2n) is 6.38. The van der Waals surface area contributed by atoms with Crippen LogP contribution in [0, 0.1) is 5.82 Å². The summed E-state index contributed by atoms with van der Waals surface area (Å²) < 4.78 is 43.7. The van der Waals surface area contributed by atoms with Crippen molar-refractivity contribution in [1.29, 1.82) is 0 Å². The highest BCUT2D eigenvalue weighted by Crippen LogP contribution is 2.30. The van der Waals surface area contributed by atoms with Gasteiger partial charge < -0.3 is 20.3 Å². The molecule has 0 radical (unpaired) electrons. The van der Waals surface area contributed by atoms with Crippen LogP contribution in [0.1, 0.15) is 19.3 Å². The topological polar surface area (TPSA) is 95.9 Å². The molecule has 0 spiro atoms. The van der Waals surface area contributed by atoms with Gasteiger partial charge in [-0.25, -0.2) is 9.18 Å². The van der Waals surface area contributed by atoms with E-state index < -0.39 is 24.0 Å². The molecule has 0 unspecified atom stereocenters. The van der Waals surface area contributed by atoms with Gasteiger partial charge in [0.25, 0.3) is 5.91 Å². The van der Waals surface area contributed by atoms with Gasteiger partial charge in [-0.3, -0.25) is 4.79 Å². The second-order valence-corrected chi connectivity index (χ2v) is 6.38. The smallest absolute Gasteiger partial charge is 0.478 e. The minimum absolute atomic E-state index is 0.0250. The zero-order valence-electron chi connectivity index (χ0n) is 14.9. The van der Waals surface area contributed by atoms with Crippen molar-refractivity contribution in [2.75, 3.05) is 5.32 Å². The van der Waals surface area contributed by atoms with Crippen molar-refractivity contribution in [3.8, 4) is 16.9 Å².